The highest BCUT2D eigenvalue weighted by atomic mass is 14.7. The Morgan fingerprint density at radius 2 is 0.641 bits per heavy atom. The number of aromatic nitrogens is 3. The first-order chi connectivity index (χ1) is 19.1. The van der Waals surface area contributed by atoms with Crippen LogP contribution in [0.4, 0.5) is 0 Å². The van der Waals surface area contributed by atoms with Gasteiger partial charge in [-0.15, -0.1) is 0 Å². The lowest BCUT2D eigenvalue weighted by atomic mass is 9.79. The number of fused-ring (bicyclic) bond motifs is 3. The summed E-state index contributed by atoms with van der Waals surface area (Å²) >= 11 is 0. The van der Waals surface area contributed by atoms with Gasteiger partial charge in [-0.05, 0) is 72.4 Å². The van der Waals surface area contributed by atoms with Gasteiger partial charge < -0.3 is 0 Å². The van der Waals surface area contributed by atoms with E-state index >= 15 is 0 Å². The predicted octanol–water partition coefficient (Wildman–Crippen LogP) is 9.26. The average Bonchev–Trinajstić information content (AvgIpc) is 2.97. The molecule has 3 heteroatoms. The summed E-state index contributed by atoms with van der Waals surface area (Å²) < 4.78 is 0. The van der Waals surface area contributed by atoms with Crippen molar-refractivity contribution in [1.82, 2.24) is 15.0 Å². The summed E-state index contributed by atoms with van der Waals surface area (Å²) in [5.74, 6) is 0. The molecule has 7 rings (SSSR count). The van der Waals surface area contributed by atoms with Crippen molar-refractivity contribution >= 4 is 32.7 Å². The second-order valence-corrected chi connectivity index (χ2v) is 10.1. The Morgan fingerprint density at radius 3 is 0.949 bits per heavy atom. The number of hydrogen-bond acceptors (Lipinski definition) is 3. The van der Waals surface area contributed by atoms with E-state index in [4.69, 9.17) is 15.0 Å². The largest absolute Gasteiger partial charge is 0.256 e. The van der Waals surface area contributed by atoms with Crippen molar-refractivity contribution in [1.29, 1.82) is 0 Å². The summed E-state index contributed by atoms with van der Waals surface area (Å²) in [6, 6.07) is 31.8. The Labute approximate surface area is 227 Å². The van der Waals surface area contributed by atoms with E-state index in [0.717, 1.165) is 49.4 Å². The summed E-state index contributed by atoms with van der Waals surface area (Å²) in [6.45, 7) is 6.75. The Kier molecular flexibility index (Phi) is 5.45. The molecule has 0 aliphatic rings. The van der Waals surface area contributed by atoms with E-state index in [0.29, 0.717) is 0 Å². The Hall–Kier alpha value is -4.89. The Bertz CT molecular complexity index is 1780. The zero-order valence-corrected chi connectivity index (χ0v) is 22.2. The fourth-order valence-corrected chi connectivity index (χ4v) is 6.35. The third-order valence-corrected chi connectivity index (χ3v) is 7.96. The topological polar surface area (TPSA) is 38.7 Å². The van der Waals surface area contributed by atoms with E-state index < -0.39 is 0 Å². The molecule has 0 aliphatic heterocycles. The van der Waals surface area contributed by atoms with Crippen molar-refractivity contribution in [2.45, 2.75) is 20.8 Å². The van der Waals surface area contributed by atoms with Gasteiger partial charge in [-0.1, -0.05) is 72.8 Å². The second-order valence-electron chi connectivity index (χ2n) is 10.1. The number of benzene rings is 4. The standard InChI is InChI=1S/C36H27N3/c1-22-31(28-16-4-10-25-13-7-19-37-34(25)28)23(2)33(30-18-6-12-27-15-9-21-39-36(27)30)24(3)32(22)29-17-5-11-26-14-8-20-38-35(26)29/h4-21H,1-3H3. The average molecular weight is 502 g/mol. The lowest BCUT2D eigenvalue weighted by Gasteiger charge is -2.24. The first-order valence-corrected chi connectivity index (χ1v) is 13.3. The number of pyridine rings is 3. The molecule has 0 saturated carbocycles. The van der Waals surface area contributed by atoms with Gasteiger partial charge in [-0.25, -0.2) is 0 Å². The van der Waals surface area contributed by atoms with Gasteiger partial charge in [0.2, 0.25) is 0 Å². The molecule has 0 aliphatic carbocycles. The van der Waals surface area contributed by atoms with E-state index in [-0.39, 0.29) is 0 Å². The van der Waals surface area contributed by atoms with Crippen LogP contribution in [0, 0.1) is 20.8 Å². The molecule has 0 bridgehead atoms. The third kappa shape index (κ3) is 3.62. The van der Waals surface area contributed by atoms with Crippen molar-refractivity contribution in [3.8, 4) is 33.4 Å². The van der Waals surface area contributed by atoms with Gasteiger partial charge >= 0.3 is 0 Å². The van der Waals surface area contributed by atoms with Gasteiger partial charge in [0.25, 0.3) is 0 Å². The van der Waals surface area contributed by atoms with Crippen LogP contribution in [0.5, 0.6) is 0 Å². The molecule has 3 nitrogen and oxygen atoms in total. The maximum Gasteiger partial charge on any atom is 0.0780 e. The molecular weight excluding hydrogens is 474 g/mol. The molecule has 186 valence electrons. The van der Waals surface area contributed by atoms with Crippen LogP contribution in [0.25, 0.3) is 66.1 Å². The van der Waals surface area contributed by atoms with Crippen molar-refractivity contribution in [2.75, 3.05) is 0 Å². The number of nitrogens with zero attached hydrogens (tertiary/aromatic N) is 3. The molecule has 0 spiro atoms. The lowest BCUT2D eigenvalue weighted by molar-refractivity contribution is 1.31. The molecule has 0 amide bonds. The molecule has 3 heterocycles. The molecule has 0 saturated heterocycles. The van der Waals surface area contributed by atoms with Crippen LogP contribution in [0.2, 0.25) is 0 Å². The van der Waals surface area contributed by atoms with E-state index in [2.05, 4.69) is 93.6 Å². The van der Waals surface area contributed by atoms with Crippen molar-refractivity contribution in [2.24, 2.45) is 0 Å². The van der Waals surface area contributed by atoms with Crippen LogP contribution in [0.3, 0.4) is 0 Å². The predicted molar refractivity (Wildman–Crippen MR) is 163 cm³/mol. The van der Waals surface area contributed by atoms with Gasteiger partial charge in [0.15, 0.2) is 0 Å². The highest BCUT2D eigenvalue weighted by molar-refractivity contribution is 6.05. The highest BCUT2D eigenvalue weighted by Crippen LogP contribution is 2.47. The normalized spacial score (nSPS) is 11.5. The molecule has 0 fully saturated rings. The fraction of sp³-hybridized carbons (Fsp3) is 0.0833. The minimum atomic E-state index is 1.01. The molecule has 4 aromatic carbocycles. The van der Waals surface area contributed by atoms with Gasteiger partial charge in [0.05, 0.1) is 16.6 Å². The van der Waals surface area contributed by atoms with Crippen molar-refractivity contribution in [3.05, 3.63) is 126 Å². The lowest BCUT2D eigenvalue weighted by Crippen LogP contribution is -2.02. The maximum absolute atomic E-state index is 4.84. The van der Waals surface area contributed by atoms with Crippen molar-refractivity contribution in [3.63, 3.8) is 0 Å². The summed E-state index contributed by atoms with van der Waals surface area (Å²) in [5.41, 5.74) is 13.8. The maximum atomic E-state index is 4.84. The van der Waals surface area contributed by atoms with Crippen LogP contribution in [0.15, 0.2) is 110 Å². The van der Waals surface area contributed by atoms with Gasteiger partial charge in [-0.3, -0.25) is 15.0 Å². The Balaban J connectivity index is 1.67. The molecular formula is C36H27N3. The first-order valence-electron chi connectivity index (χ1n) is 13.3. The zero-order valence-electron chi connectivity index (χ0n) is 22.2. The smallest absolute Gasteiger partial charge is 0.0780 e. The second kappa shape index (κ2) is 9.14. The summed E-state index contributed by atoms with van der Waals surface area (Å²) in [5, 5.41) is 3.41. The molecule has 0 atom stereocenters. The van der Waals surface area contributed by atoms with Crippen LogP contribution in [-0.4, -0.2) is 15.0 Å². The van der Waals surface area contributed by atoms with Crippen LogP contribution in [0.1, 0.15) is 16.7 Å². The van der Waals surface area contributed by atoms with E-state index in [1.807, 2.05) is 36.8 Å². The van der Waals surface area contributed by atoms with E-state index in [1.165, 1.54) is 33.4 Å². The zero-order chi connectivity index (χ0) is 26.5. The number of rotatable bonds is 3. The SMILES string of the molecule is Cc1c(-c2cccc3cccnc23)c(C)c(-c2cccc3cccnc23)c(C)c1-c1cccc2cccnc12. The number of para-hydroxylation sites is 3. The van der Waals surface area contributed by atoms with Gasteiger partial charge in [0, 0.05) is 51.4 Å². The van der Waals surface area contributed by atoms with Crippen LogP contribution < -0.4 is 0 Å². The van der Waals surface area contributed by atoms with E-state index in [1.54, 1.807) is 0 Å². The highest BCUT2D eigenvalue weighted by Gasteiger charge is 2.24. The minimum absolute atomic E-state index is 1.01. The van der Waals surface area contributed by atoms with Crippen LogP contribution in [-0.2, 0) is 0 Å². The van der Waals surface area contributed by atoms with Crippen molar-refractivity contribution < 1.29 is 0 Å². The summed E-state index contributed by atoms with van der Waals surface area (Å²) in [4.78, 5) is 14.5. The van der Waals surface area contributed by atoms with E-state index in [9.17, 15) is 0 Å². The van der Waals surface area contributed by atoms with Gasteiger partial charge in [-0.2, -0.15) is 0 Å². The Morgan fingerprint density at radius 1 is 0.359 bits per heavy atom. The molecule has 39 heavy (non-hydrogen) atoms. The van der Waals surface area contributed by atoms with Crippen LogP contribution >= 0.6 is 0 Å². The van der Waals surface area contributed by atoms with Gasteiger partial charge in [0.1, 0.15) is 0 Å². The summed E-state index contributed by atoms with van der Waals surface area (Å²) in [6.07, 6.45) is 5.65. The molecule has 0 unspecified atom stereocenters. The summed E-state index contributed by atoms with van der Waals surface area (Å²) in [7, 11) is 0. The molecule has 3 aromatic heterocycles. The quantitative estimate of drug-likeness (QED) is 0.242. The molecule has 7 aromatic rings. The fourth-order valence-electron chi connectivity index (χ4n) is 6.35. The molecule has 0 radical (unpaired) electrons. The minimum Gasteiger partial charge on any atom is -0.256 e. The monoisotopic (exact) mass is 501 g/mol. The number of hydrogen-bond donors (Lipinski definition) is 0. The molecule has 0 N–H and O–H groups in total. The first kappa shape index (κ1) is 23.2. The third-order valence-electron chi connectivity index (χ3n) is 7.96.